The highest BCUT2D eigenvalue weighted by atomic mass is 16.2. The van der Waals surface area contributed by atoms with Crippen LogP contribution in [0.2, 0.25) is 0 Å². The number of imide groups is 1. The van der Waals surface area contributed by atoms with Crippen molar-refractivity contribution in [2.75, 3.05) is 18.1 Å². The van der Waals surface area contributed by atoms with Crippen molar-refractivity contribution in [2.24, 2.45) is 7.05 Å². The number of amides is 2. The summed E-state index contributed by atoms with van der Waals surface area (Å²) < 4.78 is 1.62. The summed E-state index contributed by atoms with van der Waals surface area (Å²) in [6.07, 6.45) is 1.89. The molecule has 0 spiro atoms. The summed E-state index contributed by atoms with van der Waals surface area (Å²) in [4.78, 5) is 24.5. The normalized spacial score (nSPS) is 19.3. The molecule has 1 aliphatic heterocycles. The van der Waals surface area contributed by atoms with Gasteiger partial charge >= 0.3 is 0 Å². The Morgan fingerprint density at radius 3 is 2.63 bits per heavy atom. The van der Waals surface area contributed by atoms with E-state index in [9.17, 15) is 9.59 Å². The van der Waals surface area contributed by atoms with Crippen LogP contribution in [0.4, 0.5) is 11.5 Å². The van der Waals surface area contributed by atoms with E-state index in [4.69, 9.17) is 5.73 Å². The van der Waals surface area contributed by atoms with Gasteiger partial charge in [0, 0.05) is 14.1 Å². The van der Waals surface area contributed by atoms with Gasteiger partial charge in [-0.15, -0.1) is 0 Å². The average Bonchev–Trinajstić information content (AvgIpc) is 2.76. The molecule has 0 radical (unpaired) electrons. The Labute approximate surface area is 111 Å². The molecule has 2 heterocycles. The minimum absolute atomic E-state index is 0.156. The van der Waals surface area contributed by atoms with E-state index >= 15 is 0 Å². The molecule has 2 rings (SSSR count). The van der Waals surface area contributed by atoms with Crippen molar-refractivity contribution in [3.05, 3.63) is 5.69 Å². The van der Waals surface area contributed by atoms with Crippen LogP contribution in [0.5, 0.6) is 0 Å². The number of carbonyl (C=O) groups excluding carboxylic acids is 2. The molecular weight excluding hydrogens is 246 g/mol. The molecule has 19 heavy (non-hydrogen) atoms. The third-order valence-electron chi connectivity index (χ3n) is 3.34. The van der Waals surface area contributed by atoms with E-state index in [2.05, 4.69) is 17.3 Å². The lowest BCUT2D eigenvalue weighted by molar-refractivity contribution is -0.136. The molecule has 2 amide bonds. The van der Waals surface area contributed by atoms with Crippen LogP contribution in [-0.4, -0.2) is 39.6 Å². The minimum Gasteiger partial charge on any atom is -0.394 e. The summed E-state index contributed by atoms with van der Waals surface area (Å²) in [5, 5.41) is 7.35. The van der Waals surface area contributed by atoms with Crippen molar-refractivity contribution in [2.45, 2.75) is 32.2 Å². The van der Waals surface area contributed by atoms with Crippen molar-refractivity contribution >= 4 is 23.3 Å². The maximum atomic E-state index is 11.8. The van der Waals surface area contributed by atoms with Crippen LogP contribution >= 0.6 is 0 Å². The zero-order valence-corrected chi connectivity index (χ0v) is 11.4. The van der Waals surface area contributed by atoms with Gasteiger partial charge in [0.2, 0.25) is 5.91 Å². The van der Waals surface area contributed by atoms with Crippen molar-refractivity contribution in [3.8, 4) is 0 Å². The molecular formula is C12H19N5O2. The first-order valence-electron chi connectivity index (χ1n) is 6.34. The number of nitrogens with one attached hydrogen (secondary N) is 1. The number of rotatable bonds is 4. The summed E-state index contributed by atoms with van der Waals surface area (Å²) >= 11 is 0. The van der Waals surface area contributed by atoms with Crippen LogP contribution < -0.4 is 11.1 Å². The van der Waals surface area contributed by atoms with Crippen molar-refractivity contribution in [1.82, 2.24) is 14.7 Å². The van der Waals surface area contributed by atoms with E-state index in [1.165, 1.54) is 7.05 Å². The van der Waals surface area contributed by atoms with Gasteiger partial charge in [0.25, 0.3) is 5.91 Å². The van der Waals surface area contributed by atoms with Crippen LogP contribution in [0.25, 0.3) is 0 Å². The van der Waals surface area contributed by atoms with Crippen molar-refractivity contribution in [1.29, 1.82) is 0 Å². The van der Waals surface area contributed by atoms with E-state index in [0.717, 1.165) is 23.4 Å². The van der Waals surface area contributed by atoms with Crippen LogP contribution in [0.15, 0.2) is 0 Å². The average molecular weight is 265 g/mol. The van der Waals surface area contributed by atoms with Crippen molar-refractivity contribution < 1.29 is 9.59 Å². The predicted molar refractivity (Wildman–Crippen MR) is 71.4 cm³/mol. The molecule has 0 aromatic carbocycles. The minimum atomic E-state index is -0.551. The van der Waals surface area contributed by atoms with Gasteiger partial charge < -0.3 is 11.1 Å². The Hall–Kier alpha value is -2.05. The second-order valence-corrected chi connectivity index (χ2v) is 4.77. The highest BCUT2D eigenvalue weighted by Gasteiger charge is 2.36. The number of nitrogens with zero attached hydrogens (tertiary/aromatic N) is 3. The van der Waals surface area contributed by atoms with E-state index in [1.54, 1.807) is 11.7 Å². The fraction of sp³-hybridized carbons (Fsp3) is 0.583. The second-order valence-electron chi connectivity index (χ2n) is 4.77. The Kier molecular flexibility index (Phi) is 3.46. The molecule has 7 heteroatoms. The Bertz CT molecular complexity index is 522. The third-order valence-corrected chi connectivity index (χ3v) is 3.34. The molecule has 1 fully saturated rings. The quantitative estimate of drug-likeness (QED) is 0.754. The highest BCUT2D eigenvalue weighted by Crippen LogP contribution is 2.25. The molecule has 0 aliphatic carbocycles. The molecule has 1 aliphatic rings. The summed E-state index contributed by atoms with van der Waals surface area (Å²) in [6, 6.07) is -0.551. The van der Waals surface area contributed by atoms with E-state index in [0.29, 0.717) is 11.5 Å². The first kappa shape index (κ1) is 13.4. The topological polar surface area (TPSA) is 93.2 Å². The zero-order valence-electron chi connectivity index (χ0n) is 11.4. The molecule has 1 unspecified atom stereocenters. The molecule has 1 aromatic rings. The summed E-state index contributed by atoms with van der Waals surface area (Å²) in [5.41, 5.74) is 7.40. The summed E-state index contributed by atoms with van der Waals surface area (Å²) in [5.74, 6) is 0.185. The van der Waals surface area contributed by atoms with Crippen LogP contribution in [-0.2, 0) is 23.1 Å². The molecule has 7 nitrogen and oxygen atoms in total. The number of nitrogens with two attached hydrogens (primary N) is 1. The first-order valence-corrected chi connectivity index (χ1v) is 6.34. The van der Waals surface area contributed by atoms with E-state index in [-0.39, 0.29) is 18.2 Å². The summed E-state index contributed by atoms with van der Waals surface area (Å²) in [7, 11) is 3.25. The smallest absolute Gasteiger partial charge is 0.251 e. The number of hydrogen-bond donors (Lipinski definition) is 2. The molecule has 1 aromatic heterocycles. The fourth-order valence-corrected chi connectivity index (χ4v) is 2.22. The summed E-state index contributed by atoms with van der Waals surface area (Å²) in [6.45, 7) is 2.05. The van der Waals surface area contributed by atoms with Gasteiger partial charge in [0.05, 0.1) is 17.8 Å². The van der Waals surface area contributed by atoms with Crippen molar-refractivity contribution in [3.63, 3.8) is 0 Å². The highest BCUT2D eigenvalue weighted by molar-refractivity contribution is 6.06. The fourth-order valence-electron chi connectivity index (χ4n) is 2.22. The standard InChI is InChI=1S/C12H19N5O2/c1-4-5-7-10(13)11(17(3)15-7)14-8-6-9(18)16(2)12(8)19/h8,14H,4-6,13H2,1-3H3. The van der Waals surface area contributed by atoms with E-state index in [1.807, 2.05) is 0 Å². The number of anilines is 2. The Morgan fingerprint density at radius 1 is 1.42 bits per heavy atom. The number of carbonyl (C=O) groups is 2. The second kappa shape index (κ2) is 4.91. The maximum Gasteiger partial charge on any atom is 0.251 e. The third kappa shape index (κ3) is 2.27. The SMILES string of the molecule is CCCc1nn(C)c(NC2CC(=O)N(C)C2=O)c1N. The number of aromatic nitrogens is 2. The van der Waals surface area contributed by atoms with Gasteiger partial charge in [-0.2, -0.15) is 5.10 Å². The van der Waals surface area contributed by atoms with Gasteiger partial charge in [-0.05, 0) is 6.42 Å². The zero-order chi connectivity index (χ0) is 14.2. The number of aryl methyl sites for hydroxylation is 2. The molecule has 0 saturated carbocycles. The molecule has 0 bridgehead atoms. The van der Waals surface area contributed by atoms with Crippen LogP contribution in [0.1, 0.15) is 25.5 Å². The molecule has 1 atom stereocenters. The molecule has 104 valence electrons. The van der Waals surface area contributed by atoms with Gasteiger partial charge in [-0.1, -0.05) is 13.3 Å². The monoisotopic (exact) mass is 265 g/mol. The Morgan fingerprint density at radius 2 is 2.11 bits per heavy atom. The van der Waals surface area contributed by atoms with E-state index < -0.39 is 6.04 Å². The maximum absolute atomic E-state index is 11.8. The first-order chi connectivity index (χ1) is 8.95. The van der Waals surface area contributed by atoms with Gasteiger partial charge in [0.15, 0.2) is 0 Å². The lowest BCUT2D eigenvalue weighted by atomic mass is 10.2. The Balaban J connectivity index is 2.20. The van der Waals surface area contributed by atoms with Gasteiger partial charge in [-0.3, -0.25) is 19.2 Å². The van der Waals surface area contributed by atoms with Crippen LogP contribution in [0, 0.1) is 0 Å². The lowest BCUT2D eigenvalue weighted by Gasteiger charge is -2.13. The lowest BCUT2D eigenvalue weighted by Crippen LogP contribution is -2.32. The molecule has 1 saturated heterocycles. The number of nitrogen functional groups attached to an aromatic ring is 1. The molecule has 3 N–H and O–H groups in total. The van der Waals surface area contributed by atoms with Gasteiger partial charge in [-0.25, -0.2) is 0 Å². The number of hydrogen-bond acceptors (Lipinski definition) is 5. The number of likely N-dealkylation sites (tertiary alicyclic amines) is 1. The van der Waals surface area contributed by atoms with Gasteiger partial charge in [0.1, 0.15) is 11.9 Å². The largest absolute Gasteiger partial charge is 0.394 e. The predicted octanol–water partition coefficient (Wildman–Crippen LogP) is 0.124. The van der Waals surface area contributed by atoms with Crippen LogP contribution in [0.3, 0.4) is 0 Å². The number of likely N-dealkylation sites (N-methyl/N-ethyl adjacent to an activating group) is 1.